The fourth-order valence-corrected chi connectivity index (χ4v) is 2.32. The number of imide groups is 1. The Labute approximate surface area is 136 Å². The number of aromatic nitrogens is 2. The first kappa shape index (κ1) is 16.8. The number of amides is 3. The van der Waals surface area contributed by atoms with Crippen molar-refractivity contribution < 1.29 is 18.7 Å². The number of nitrogens with one attached hydrogen (secondary N) is 1. The summed E-state index contributed by atoms with van der Waals surface area (Å²) in [4.78, 5) is 22.2. The maximum Gasteiger partial charge on any atom is 0.318 e. The first-order valence-electron chi connectivity index (χ1n) is 6.73. The summed E-state index contributed by atoms with van der Waals surface area (Å²) in [5.41, 5.74) is 5.97. The summed E-state index contributed by atoms with van der Waals surface area (Å²) in [7, 11) is 0. The number of rotatable bonds is 6. The number of thioether (sulfide) groups is 1. The highest BCUT2D eigenvalue weighted by Crippen LogP contribution is 2.22. The molecule has 0 aliphatic heterocycles. The van der Waals surface area contributed by atoms with E-state index in [0.717, 1.165) is 17.3 Å². The van der Waals surface area contributed by atoms with E-state index in [4.69, 9.17) is 14.9 Å². The Kier molecular flexibility index (Phi) is 5.58. The first-order chi connectivity index (χ1) is 10.9. The van der Waals surface area contributed by atoms with Crippen LogP contribution in [0.15, 0.2) is 33.9 Å². The molecule has 1 aromatic heterocycles. The highest BCUT2D eigenvalue weighted by Gasteiger charge is 2.19. The minimum absolute atomic E-state index is 0.124. The van der Waals surface area contributed by atoms with Crippen molar-refractivity contribution in [1.82, 2.24) is 15.5 Å². The van der Waals surface area contributed by atoms with Crippen molar-refractivity contribution in [2.24, 2.45) is 5.73 Å². The van der Waals surface area contributed by atoms with Crippen molar-refractivity contribution in [3.8, 4) is 5.75 Å². The number of hydrogen-bond acceptors (Lipinski definition) is 7. The number of urea groups is 1. The lowest BCUT2D eigenvalue weighted by Crippen LogP contribution is -2.39. The SMILES string of the molecule is Cc1cccc(OCc2nnc(S[C@@H](C)C(=O)NC(N)=O)o2)c1. The molecule has 2 rings (SSSR count). The van der Waals surface area contributed by atoms with Crippen LogP contribution in [0, 0.1) is 6.92 Å². The summed E-state index contributed by atoms with van der Waals surface area (Å²) in [6, 6.07) is 6.67. The first-order valence-corrected chi connectivity index (χ1v) is 7.61. The molecule has 0 spiro atoms. The van der Waals surface area contributed by atoms with Gasteiger partial charge in [-0.1, -0.05) is 23.9 Å². The Bertz CT molecular complexity index is 704. The van der Waals surface area contributed by atoms with Crippen LogP contribution in [-0.2, 0) is 11.4 Å². The number of hydrogen-bond donors (Lipinski definition) is 2. The summed E-state index contributed by atoms with van der Waals surface area (Å²) >= 11 is 1.02. The number of carbonyl (C=O) groups excluding carboxylic acids is 2. The normalized spacial score (nSPS) is 11.7. The third-order valence-corrected chi connectivity index (χ3v) is 3.63. The number of carbonyl (C=O) groups is 2. The molecular weight excluding hydrogens is 320 g/mol. The number of nitrogens with zero attached hydrogens (tertiary/aromatic N) is 2. The fraction of sp³-hybridized carbons (Fsp3) is 0.286. The zero-order valence-electron chi connectivity index (χ0n) is 12.6. The third-order valence-electron chi connectivity index (χ3n) is 2.69. The average Bonchev–Trinajstić information content (AvgIpc) is 2.92. The predicted molar refractivity (Wildman–Crippen MR) is 82.9 cm³/mol. The van der Waals surface area contributed by atoms with E-state index in [0.29, 0.717) is 5.75 Å². The van der Waals surface area contributed by atoms with Crippen molar-refractivity contribution in [2.75, 3.05) is 0 Å². The predicted octanol–water partition coefficient (Wildman–Crippen LogP) is 1.63. The standard InChI is InChI=1S/C14H16N4O4S/c1-8-4-3-5-10(6-8)21-7-11-17-18-14(22-11)23-9(2)12(19)16-13(15)20/h3-6,9H,7H2,1-2H3,(H3,15,16,19,20)/t9-/m0/s1. The Morgan fingerprint density at radius 2 is 2.22 bits per heavy atom. The van der Waals surface area contributed by atoms with Gasteiger partial charge < -0.3 is 14.9 Å². The lowest BCUT2D eigenvalue weighted by Gasteiger charge is -2.06. The monoisotopic (exact) mass is 336 g/mol. The maximum atomic E-state index is 11.6. The highest BCUT2D eigenvalue weighted by atomic mass is 32.2. The summed E-state index contributed by atoms with van der Waals surface area (Å²) in [6.45, 7) is 3.68. The van der Waals surface area contributed by atoms with Crippen LogP contribution in [0.1, 0.15) is 18.4 Å². The van der Waals surface area contributed by atoms with E-state index in [-0.39, 0.29) is 17.7 Å². The topological polar surface area (TPSA) is 120 Å². The summed E-state index contributed by atoms with van der Waals surface area (Å²) in [5, 5.41) is 9.25. The maximum absolute atomic E-state index is 11.6. The number of benzene rings is 1. The molecule has 122 valence electrons. The van der Waals surface area contributed by atoms with Gasteiger partial charge in [-0.3, -0.25) is 10.1 Å². The van der Waals surface area contributed by atoms with Crippen LogP contribution in [0.4, 0.5) is 4.79 Å². The van der Waals surface area contributed by atoms with Crippen LogP contribution < -0.4 is 15.8 Å². The van der Waals surface area contributed by atoms with Crippen molar-refractivity contribution in [3.63, 3.8) is 0 Å². The van der Waals surface area contributed by atoms with Gasteiger partial charge in [-0.2, -0.15) is 0 Å². The minimum Gasteiger partial charge on any atom is -0.484 e. The molecule has 1 aromatic carbocycles. The van der Waals surface area contributed by atoms with Gasteiger partial charge in [0.05, 0.1) is 5.25 Å². The Morgan fingerprint density at radius 3 is 2.91 bits per heavy atom. The number of nitrogens with two attached hydrogens (primary N) is 1. The van der Waals surface area contributed by atoms with Gasteiger partial charge in [-0.25, -0.2) is 4.79 Å². The molecule has 0 aliphatic carbocycles. The molecule has 0 aliphatic rings. The lowest BCUT2D eigenvalue weighted by atomic mass is 10.2. The van der Waals surface area contributed by atoms with Crippen molar-refractivity contribution in [2.45, 2.75) is 30.9 Å². The molecule has 0 bridgehead atoms. The minimum atomic E-state index is -0.903. The molecular formula is C14H16N4O4S. The van der Waals surface area contributed by atoms with Gasteiger partial charge >= 0.3 is 6.03 Å². The van der Waals surface area contributed by atoms with E-state index in [2.05, 4.69) is 10.2 Å². The van der Waals surface area contributed by atoms with E-state index in [1.54, 1.807) is 6.92 Å². The molecule has 9 heteroatoms. The van der Waals surface area contributed by atoms with E-state index in [9.17, 15) is 9.59 Å². The van der Waals surface area contributed by atoms with E-state index in [1.165, 1.54) is 0 Å². The average molecular weight is 336 g/mol. The van der Waals surface area contributed by atoms with Crippen LogP contribution in [-0.4, -0.2) is 27.4 Å². The molecule has 0 unspecified atom stereocenters. The molecule has 0 saturated heterocycles. The molecule has 23 heavy (non-hydrogen) atoms. The zero-order chi connectivity index (χ0) is 16.8. The second-order valence-corrected chi connectivity index (χ2v) is 5.97. The molecule has 0 fully saturated rings. The molecule has 0 saturated carbocycles. The van der Waals surface area contributed by atoms with Gasteiger partial charge in [0.1, 0.15) is 5.75 Å². The van der Waals surface area contributed by atoms with E-state index in [1.807, 2.05) is 36.5 Å². The van der Waals surface area contributed by atoms with Crippen molar-refractivity contribution in [3.05, 3.63) is 35.7 Å². The number of ether oxygens (including phenoxy) is 1. The molecule has 8 nitrogen and oxygen atoms in total. The van der Waals surface area contributed by atoms with Crippen LogP contribution in [0.2, 0.25) is 0 Å². The summed E-state index contributed by atoms with van der Waals surface area (Å²) in [5.74, 6) is 0.460. The summed E-state index contributed by atoms with van der Waals surface area (Å²) in [6.07, 6.45) is 0. The van der Waals surface area contributed by atoms with Gasteiger partial charge in [0.15, 0.2) is 6.61 Å². The quantitative estimate of drug-likeness (QED) is 0.769. The second kappa shape index (κ2) is 7.63. The zero-order valence-corrected chi connectivity index (χ0v) is 13.4. The third kappa shape index (κ3) is 5.29. The molecule has 0 radical (unpaired) electrons. The van der Waals surface area contributed by atoms with Crippen LogP contribution in [0.25, 0.3) is 0 Å². The van der Waals surface area contributed by atoms with E-state index >= 15 is 0 Å². The van der Waals surface area contributed by atoms with Gasteiger partial charge in [0.2, 0.25) is 5.91 Å². The van der Waals surface area contributed by atoms with Gasteiger partial charge in [0, 0.05) is 0 Å². The van der Waals surface area contributed by atoms with Crippen molar-refractivity contribution >= 4 is 23.7 Å². The van der Waals surface area contributed by atoms with Crippen LogP contribution in [0.3, 0.4) is 0 Å². The fourth-order valence-electron chi connectivity index (χ4n) is 1.62. The molecule has 2 aromatic rings. The molecule has 3 amide bonds. The molecule has 1 heterocycles. The van der Waals surface area contributed by atoms with Crippen molar-refractivity contribution in [1.29, 1.82) is 0 Å². The van der Waals surface area contributed by atoms with Gasteiger partial charge in [-0.05, 0) is 31.5 Å². The Morgan fingerprint density at radius 1 is 1.43 bits per heavy atom. The molecule has 1 atom stereocenters. The smallest absolute Gasteiger partial charge is 0.318 e. The molecule has 3 N–H and O–H groups in total. The van der Waals surface area contributed by atoms with Crippen LogP contribution in [0.5, 0.6) is 5.75 Å². The van der Waals surface area contributed by atoms with Crippen LogP contribution >= 0.6 is 11.8 Å². The Hall–Kier alpha value is -2.55. The van der Waals surface area contributed by atoms with Gasteiger partial charge in [-0.15, -0.1) is 10.2 Å². The van der Waals surface area contributed by atoms with Gasteiger partial charge in [0.25, 0.3) is 11.1 Å². The second-order valence-electron chi connectivity index (χ2n) is 4.68. The highest BCUT2D eigenvalue weighted by molar-refractivity contribution is 8.00. The largest absolute Gasteiger partial charge is 0.484 e. The number of primary amides is 1. The van der Waals surface area contributed by atoms with E-state index < -0.39 is 17.2 Å². The Balaban J connectivity index is 1.88. The number of aryl methyl sites for hydroxylation is 1. The lowest BCUT2D eigenvalue weighted by molar-refractivity contribution is -0.119. The summed E-state index contributed by atoms with van der Waals surface area (Å²) < 4.78 is 10.9.